The van der Waals surface area contributed by atoms with E-state index in [-0.39, 0.29) is 6.04 Å². The van der Waals surface area contributed by atoms with E-state index in [2.05, 4.69) is 21.0 Å². The number of aryl methyl sites for hydroxylation is 1. The minimum atomic E-state index is -0.799. The Hall–Kier alpha value is -0.840. The summed E-state index contributed by atoms with van der Waals surface area (Å²) in [7, 11) is 0. The molecule has 1 heterocycles. The minimum absolute atomic E-state index is 0.166. The molecule has 5 heteroatoms. The van der Waals surface area contributed by atoms with Crippen molar-refractivity contribution < 1.29 is 5.11 Å². The van der Waals surface area contributed by atoms with Gasteiger partial charge < -0.3 is 5.11 Å². The van der Waals surface area contributed by atoms with E-state index in [0.29, 0.717) is 10.6 Å². The number of rotatable bonds is 3. The van der Waals surface area contributed by atoms with Crippen LogP contribution in [0.25, 0.3) is 0 Å². The highest BCUT2D eigenvalue weighted by Gasteiger charge is 2.23. The molecule has 2 rings (SSSR count). The Morgan fingerprint density at radius 3 is 2.68 bits per heavy atom. The summed E-state index contributed by atoms with van der Waals surface area (Å²) >= 11 is 9.72. The van der Waals surface area contributed by atoms with Crippen LogP contribution in [0.15, 0.2) is 28.9 Å². The molecule has 0 amide bonds. The van der Waals surface area contributed by atoms with Crippen molar-refractivity contribution in [3.8, 4) is 0 Å². The fourth-order valence-electron chi connectivity index (χ4n) is 2.05. The number of aliphatic hydroxyl groups excluding tert-OH is 1. The molecular formula is C14H16BrClN2O. The molecule has 0 radical (unpaired) electrons. The third kappa shape index (κ3) is 2.71. The van der Waals surface area contributed by atoms with Crippen LogP contribution in [0.1, 0.15) is 42.8 Å². The highest BCUT2D eigenvalue weighted by molar-refractivity contribution is 9.10. The Morgan fingerprint density at radius 2 is 2.05 bits per heavy atom. The zero-order chi connectivity index (χ0) is 14.2. The van der Waals surface area contributed by atoms with Gasteiger partial charge in [0.25, 0.3) is 0 Å². The van der Waals surface area contributed by atoms with Gasteiger partial charge in [-0.25, -0.2) is 0 Å². The lowest BCUT2D eigenvalue weighted by Gasteiger charge is -2.18. The monoisotopic (exact) mass is 342 g/mol. The van der Waals surface area contributed by atoms with Crippen LogP contribution in [0.4, 0.5) is 0 Å². The van der Waals surface area contributed by atoms with Crippen LogP contribution in [0, 0.1) is 6.92 Å². The third-order valence-corrected chi connectivity index (χ3v) is 4.18. The van der Waals surface area contributed by atoms with E-state index in [4.69, 9.17) is 11.6 Å². The van der Waals surface area contributed by atoms with Gasteiger partial charge in [-0.2, -0.15) is 5.10 Å². The molecule has 0 fully saturated rings. The van der Waals surface area contributed by atoms with Crippen LogP contribution in [-0.2, 0) is 0 Å². The maximum absolute atomic E-state index is 10.6. The summed E-state index contributed by atoms with van der Waals surface area (Å²) in [6.07, 6.45) is 0.897. The van der Waals surface area contributed by atoms with Crippen molar-refractivity contribution in [2.24, 2.45) is 0 Å². The molecule has 1 atom stereocenters. The summed E-state index contributed by atoms with van der Waals surface area (Å²) in [5.41, 5.74) is 2.37. The fraction of sp³-hybridized carbons (Fsp3) is 0.357. The standard InChI is InChI=1S/C14H16BrClN2O/c1-8(2)18-13(11(15)7-17-18)14(19)10-6-4-5-9(3)12(10)16/h4-8,14,19H,1-3H3. The maximum atomic E-state index is 10.6. The molecule has 0 bridgehead atoms. The summed E-state index contributed by atoms with van der Waals surface area (Å²) in [6.45, 7) is 5.97. The zero-order valence-electron chi connectivity index (χ0n) is 11.1. The maximum Gasteiger partial charge on any atom is 0.123 e. The number of hydrogen-bond donors (Lipinski definition) is 1. The van der Waals surface area contributed by atoms with Crippen molar-refractivity contribution in [1.29, 1.82) is 0 Å². The number of hydrogen-bond acceptors (Lipinski definition) is 2. The van der Waals surface area contributed by atoms with Crippen molar-refractivity contribution in [3.05, 3.63) is 50.7 Å². The van der Waals surface area contributed by atoms with Crippen LogP contribution in [0.3, 0.4) is 0 Å². The van der Waals surface area contributed by atoms with E-state index >= 15 is 0 Å². The molecule has 1 N–H and O–H groups in total. The van der Waals surface area contributed by atoms with Gasteiger partial charge in [0.05, 0.1) is 16.4 Å². The molecule has 3 nitrogen and oxygen atoms in total. The van der Waals surface area contributed by atoms with Gasteiger partial charge in [-0.3, -0.25) is 4.68 Å². The molecule has 1 aromatic heterocycles. The zero-order valence-corrected chi connectivity index (χ0v) is 13.4. The van der Waals surface area contributed by atoms with E-state index in [1.54, 1.807) is 10.9 Å². The van der Waals surface area contributed by atoms with E-state index < -0.39 is 6.10 Å². The number of halogens is 2. The lowest BCUT2D eigenvalue weighted by Crippen LogP contribution is -2.13. The van der Waals surface area contributed by atoms with Gasteiger partial charge in [-0.1, -0.05) is 29.8 Å². The molecule has 0 saturated heterocycles. The van der Waals surface area contributed by atoms with Crippen LogP contribution in [0.5, 0.6) is 0 Å². The van der Waals surface area contributed by atoms with E-state index in [9.17, 15) is 5.11 Å². The largest absolute Gasteiger partial charge is 0.382 e. The summed E-state index contributed by atoms with van der Waals surface area (Å²) in [6, 6.07) is 5.82. The number of benzene rings is 1. The predicted octanol–water partition coefficient (Wildman–Crippen LogP) is 4.27. The van der Waals surface area contributed by atoms with Crippen molar-refractivity contribution in [2.75, 3.05) is 0 Å². The lowest BCUT2D eigenvalue weighted by molar-refractivity contribution is 0.204. The topological polar surface area (TPSA) is 38.1 Å². The summed E-state index contributed by atoms with van der Waals surface area (Å²) < 4.78 is 2.58. The first kappa shape index (κ1) is 14.6. The van der Waals surface area contributed by atoms with Crippen LogP contribution < -0.4 is 0 Å². The molecule has 19 heavy (non-hydrogen) atoms. The molecule has 0 spiro atoms. The first-order chi connectivity index (χ1) is 8.93. The Morgan fingerprint density at radius 1 is 1.37 bits per heavy atom. The summed E-state index contributed by atoms with van der Waals surface area (Å²) in [4.78, 5) is 0. The molecule has 0 aliphatic heterocycles. The quantitative estimate of drug-likeness (QED) is 0.903. The smallest absolute Gasteiger partial charge is 0.123 e. The number of aliphatic hydroxyl groups is 1. The Kier molecular flexibility index (Phi) is 4.33. The van der Waals surface area contributed by atoms with E-state index in [1.807, 2.05) is 39.0 Å². The van der Waals surface area contributed by atoms with Crippen molar-refractivity contribution in [3.63, 3.8) is 0 Å². The van der Waals surface area contributed by atoms with Crippen molar-refractivity contribution >= 4 is 27.5 Å². The van der Waals surface area contributed by atoms with E-state index in [1.165, 1.54) is 0 Å². The van der Waals surface area contributed by atoms with E-state index in [0.717, 1.165) is 15.7 Å². The third-order valence-electron chi connectivity index (χ3n) is 3.05. The van der Waals surface area contributed by atoms with Crippen LogP contribution >= 0.6 is 27.5 Å². The second kappa shape index (κ2) is 5.65. The lowest BCUT2D eigenvalue weighted by atomic mass is 10.0. The second-order valence-electron chi connectivity index (χ2n) is 4.80. The van der Waals surface area contributed by atoms with Crippen LogP contribution in [0.2, 0.25) is 5.02 Å². The summed E-state index contributed by atoms with van der Waals surface area (Å²) in [5, 5.41) is 15.5. The van der Waals surface area contributed by atoms with Gasteiger partial charge in [-0.05, 0) is 42.3 Å². The summed E-state index contributed by atoms with van der Waals surface area (Å²) in [5.74, 6) is 0. The predicted molar refractivity (Wildman–Crippen MR) is 80.6 cm³/mol. The molecular weight excluding hydrogens is 328 g/mol. The normalized spacial score (nSPS) is 13.0. The highest BCUT2D eigenvalue weighted by Crippen LogP contribution is 2.34. The minimum Gasteiger partial charge on any atom is -0.382 e. The Labute approximate surface area is 126 Å². The molecule has 1 aromatic carbocycles. The van der Waals surface area contributed by atoms with Gasteiger partial charge in [-0.15, -0.1) is 0 Å². The number of nitrogens with zero attached hydrogens (tertiary/aromatic N) is 2. The number of aromatic nitrogens is 2. The van der Waals surface area contributed by atoms with Gasteiger partial charge in [0, 0.05) is 16.6 Å². The van der Waals surface area contributed by atoms with Crippen molar-refractivity contribution in [1.82, 2.24) is 9.78 Å². The molecule has 1 unspecified atom stereocenters. The molecule has 0 aliphatic carbocycles. The second-order valence-corrected chi connectivity index (χ2v) is 6.03. The SMILES string of the molecule is Cc1cccc(C(O)c2c(Br)cnn2C(C)C)c1Cl. The van der Waals surface area contributed by atoms with Gasteiger partial charge >= 0.3 is 0 Å². The van der Waals surface area contributed by atoms with Gasteiger partial charge in [0.15, 0.2) is 0 Å². The molecule has 102 valence electrons. The average Bonchev–Trinajstić information content (AvgIpc) is 2.74. The Balaban J connectivity index is 2.53. The molecule has 0 saturated carbocycles. The highest BCUT2D eigenvalue weighted by atomic mass is 79.9. The molecule has 2 aromatic rings. The first-order valence-electron chi connectivity index (χ1n) is 6.09. The Bertz CT molecular complexity index is 595. The average molecular weight is 344 g/mol. The molecule has 0 aliphatic rings. The van der Waals surface area contributed by atoms with Gasteiger partial charge in [0.1, 0.15) is 6.10 Å². The van der Waals surface area contributed by atoms with Crippen molar-refractivity contribution in [2.45, 2.75) is 32.9 Å². The fourth-order valence-corrected chi connectivity index (χ4v) is 2.77. The van der Waals surface area contributed by atoms with Crippen LogP contribution in [-0.4, -0.2) is 14.9 Å². The first-order valence-corrected chi connectivity index (χ1v) is 7.26. The van der Waals surface area contributed by atoms with Gasteiger partial charge in [0.2, 0.25) is 0 Å².